The predicted molar refractivity (Wildman–Crippen MR) is 270 cm³/mol. The van der Waals surface area contributed by atoms with Crippen LogP contribution in [0.1, 0.15) is 60.0 Å². The molecule has 0 saturated heterocycles. The predicted octanol–water partition coefficient (Wildman–Crippen LogP) is 2.10. The molecule has 4 aromatic heterocycles. The summed E-state index contributed by atoms with van der Waals surface area (Å²) in [6.45, 7) is 2.98. The highest BCUT2D eigenvalue weighted by molar-refractivity contribution is 6.00. The molecule has 0 unspecified atom stereocenters. The zero-order valence-corrected chi connectivity index (χ0v) is 43.0. The number of nitrogens with one attached hydrogen (secondary N) is 6. The van der Waals surface area contributed by atoms with Crippen molar-refractivity contribution in [3.63, 3.8) is 0 Å². The summed E-state index contributed by atoms with van der Waals surface area (Å²) < 4.78 is 42.0. The number of Topliss-reactive ketones (excluding diaryl/α,β-unsaturated/α-hetero) is 1. The Morgan fingerprint density at radius 2 is 1.01 bits per heavy atom. The molecule has 12 saturated carbocycles. The van der Waals surface area contributed by atoms with Crippen molar-refractivity contribution in [1.82, 2.24) is 55.4 Å². The van der Waals surface area contributed by atoms with Crippen molar-refractivity contribution in [3.8, 4) is 11.5 Å². The van der Waals surface area contributed by atoms with Crippen LogP contribution in [-0.4, -0.2) is 121 Å². The first-order chi connectivity index (χ1) is 38.6. The Hall–Kier alpha value is -8.41. The minimum absolute atomic E-state index is 0.0183. The summed E-state index contributed by atoms with van der Waals surface area (Å²) >= 11 is 0. The molecular weight excluding hydrogens is 1040 g/mol. The molecule has 0 bridgehead atoms. The molecule has 6 heterocycles. The van der Waals surface area contributed by atoms with Gasteiger partial charge in [0.1, 0.15) is 40.1 Å². The number of halogens is 2. The fraction of sp³-hybridized carbons (Fsp3) is 0.446. The molecule has 80 heavy (non-hydrogen) atoms. The van der Waals surface area contributed by atoms with Crippen LogP contribution in [0.3, 0.4) is 0 Å². The molecular formula is C56H49F2N13O9. The van der Waals surface area contributed by atoms with E-state index in [0.717, 1.165) is 44.7 Å². The Kier molecular flexibility index (Phi) is 8.65. The van der Waals surface area contributed by atoms with Crippen LogP contribution >= 0.6 is 0 Å². The molecule has 20 rings (SSSR count). The van der Waals surface area contributed by atoms with E-state index < -0.39 is 35.3 Å². The number of hydrogen-bond acceptors (Lipinski definition) is 14. The lowest BCUT2D eigenvalue weighted by molar-refractivity contribution is -0.639. The topological polar surface area (TPSA) is 274 Å². The zero-order valence-electron chi connectivity index (χ0n) is 43.0. The number of carbonyl (C=O) groups excluding carboxylic acids is 7. The highest BCUT2D eigenvalue weighted by atomic mass is 19.1. The molecule has 406 valence electrons. The zero-order chi connectivity index (χ0) is 54.6. The third kappa shape index (κ3) is 5.01. The maximum absolute atomic E-state index is 14.5. The van der Waals surface area contributed by atoms with Gasteiger partial charge in [-0.3, -0.25) is 33.6 Å². The Morgan fingerprint density at radius 3 is 1.41 bits per heavy atom. The molecule has 6 aromatic rings. The molecule has 12 fully saturated rings. The number of anilines is 2. The molecule has 6 N–H and O–H groups in total. The van der Waals surface area contributed by atoms with Crippen LogP contribution in [0.15, 0.2) is 60.9 Å². The van der Waals surface area contributed by atoms with E-state index in [-0.39, 0.29) is 88.4 Å². The van der Waals surface area contributed by atoms with Crippen molar-refractivity contribution in [2.24, 2.45) is 87.3 Å². The third-order valence-corrected chi connectivity index (χ3v) is 22.2. The first-order valence-electron chi connectivity index (χ1n) is 27.1. The molecule has 2 aliphatic heterocycles. The summed E-state index contributed by atoms with van der Waals surface area (Å²) in [5, 5.41) is 25.0. The van der Waals surface area contributed by atoms with Crippen LogP contribution in [-0.2, 0) is 27.5 Å². The van der Waals surface area contributed by atoms with Crippen LogP contribution in [0, 0.1) is 98.9 Å². The average Bonchev–Trinajstić information content (AvgIpc) is 0.596. The van der Waals surface area contributed by atoms with Gasteiger partial charge in [0.2, 0.25) is 0 Å². The highest BCUT2D eigenvalue weighted by Crippen LogP contribution is 3.10. The van der Waals surface area contributed by atoms with Gasteiger partial charge in [0.25, 0.3) is 35.4 Å². The third-order valence-electron chi connectivity index (χ3n) is 22.2. The maximum atomic E-state index is 14.5. The Morgan fingerprint density at radius 1 is 0.600 bits per heavy atom. The second-order valence-corrected chi connectivity index (χ2v) is 24.4. The monoisotopic (exact) mass is 1090 g/mol. The standard InChI is InChI=1S/C28H26FN7O4.C28H23FN6O5/c1-35(2)28-21-18-22(28)20-23(28)19(21)27(18,20)10-31-26(39)15-6-14(34-24-12(29)8-32-36(15)24)25(38)30-7-11-3-4-16-13(5-11)33-17(37)9-40-16;1-10(36)28-21-18-22(28)20-23(28)19(21)27(18,20)9-31-26(39)15-5-14(34-24-12(29)7-32-35(15)24)25(38)30-6-11-2-3-16-13(4-11)33-17(37)8-40-16/h3-6,8,18-23H,7,9-10H2,1-2H3,(H,30,38)(H,31,39)(H,33,37);2-5,7,18-23H,6,8-9H2,1H3,(H,30,38)(H,31,39)(H,33,37). The summed E-state index contributed by atoms with van der Waals surface area (Å²) in [5.74, 6) is 5.00. The number of nitrogens with zero attached hydrogens (tertiary/aromatic N) is 7. The number of fused-ring (bicyclic) bond motifs is 4. The number of aromatic nitrogens is 6. The van der Waals surface area contributed by atoms with E-state index in [1.165, 1.54) is 12.1 Å². The molecule has 0 atom stereocenters. The second-order valence-electron chi connectivity index (χ2n) is 24.4. The number of ether oxygens (including phenoxy) is 2. The van der Waals surface area contributed by atoms with E-state index in [4.69, 9.17) is 9.47 Å². The molecule has 12 aliphatic carbocycles. The van der Waals surface area contributed by atoms with Crippen LogP contribution < -0.4 is 41.4 Å². The lowest BCUT2D eigenvalue weighted by Crippen LogP contribution is -3.15. The number of amides is 6. The summed E-state index contributed by atoms with van der Waals surface area (Å²) in [6, 6.07) is 13.0. The summed E-state index contributed by atoms with van der Waals surface area (Å²) in [5.41, 5.74) is 2.68. The van der Waals surface area contributed by atoms with Gasteiger partial charge < -0.3 is 46.3 Å². The molecule has 0 spiro atoms. The summed E-state index contributed by atoms with van der Waals surface area (Å²) in [7, 11) is 4.39. The van der Waals surface area contributed by atoms with Gasteiger partial charge in [-0.15, -0.1) is 0 Å². The van der Waals surface area contributed by atoms with E-state index in [9.17, 15) is 42.3 Å². The van der Waals surface area contributed by atoms with Crippen molar-refractivity contribution in [2.75, 3.05) is 51.0 Å². The van der Waals surface area contributed by atoms with Crippen LogP contribution in [0.2, 0.25) is 0 Å². The highest BCUT2D eigenvalue weighted by Gasteiger charge is 3.11. The molecule has 24 heteroatoms. The Bertz CT molecular complexity index is 3880. The minimum atomic E-state index is -0.745. The van der Waals surface area contributed by atoms with E-state index in [1.54, 1.807) is 43.3 Å². The van der Waals surface area contributed by atoms with Gasteiger partial charge in [0.15, 0.2) is 36.1 Å². The minimum Gasteiger partial charge on any atom is -0.482 e. The average molecular weight is 1090 g/mol. The number of rotatable bonds is 14. The largest absolute Gasteiger partial charge is 0.482 e. The second kappa shape index (κ2) is 14.9. The summed E-state index contributed by atoms with van der Waals surface area (Å²) in [4.78, 5) is 99.0. The first-order valence-corrected chi connectivity index (χ1v) is 27.1. The van der Waals surface area contributed by atoms with Gasteiger partial charge in [-0.2, -0.15) is 10.2 Å². The van der Waals surface area contributed by atoms with Gasteiger partial charge >= 0.3 is 0 Å². The molecule has 14 aliphatic rings. The quantitative estimate of drug-likeness (QED) is 0.0913. The number of hydrogen-bond donors (Lipinski definition) is 6. The van der Waals surface area contributed by atoms with E-state index in [1.807, 2.05) is 0 Å². The number of benzene rings is 2. The van der Waals surface area contributed by atoms with Gasteiger partial charge in [-0.25, -0.2) is 27.8 Å². The van der Waals surface area contributed by atoms with Crippen molar-refractivity contribution in [3.05, 3.63) is 106 Å². The van der Waals surface area contributed by atoms with E-state index >= 15 is 0 Å². The first kappa shape index (κ1) is 46.5. The van der Waals surface area contributed by atoms with Crippen molar-refractivity contribution >= 4 is 63.9 Å². The Balaban J connectivity index is 0.000000128. The normalized spacial score (nSPS) is 35.9. The smallest absolute Gasteiger partial charge is 0.270 e. The number of carbonyl (C=O) groups is 7. The molecule has 22 nitrogen and oxygen atoms in total. The van der Waals surface area contributed by atoms with Gasteiger partial charge in [-0.1, -0.05) is 12.1 Å². The lowest BCUT2D eigenvalue weighted by Gasteiger charge is -3.12. The van der Waals surface area contributed by atoms with Gasteiger partial charge in [0.05, 0.1) is 23.8 Å². The van der Waals surface area contributed by atoms with Gasteiger partial charge in [0, 0.05) is 49.3 Å². The van der Waals surface area contributed by atoms with Crippen LogP contribution in [0.5, 0.6) is 11.5 Å². The van der Waals surface area contributed by atoms with Crippen molar-refractivity contribution < 1.29 is 51.8 Å². The lowest BCUT2D eigenvalue weighted by atomic mass is 8.92. The Labute approximate surface area is 451 Å². The van der Waals surface area contributed by atoms with Crippen molar-refractivity contribution in [2.45, 2.75) is 25.6 Å². The molecule has 0 radical (unpaired) electrons. The SMILES string of the molecule is CC(=O)C12C3C4C1C1C2C3C41CNC(=O)c1cc(C(=O)NCc2ccc3c(c2)NC(=O)CO3)nc2c(F)cnn12.CN(C)C12C3C4C1C1C2C3C41CNC(=O)c1cc(C(=O)NCc2ccc3c(c2)NC(=O)CO3)nc2c(F)cnn12. The van der Waals surface area contributed by atoms with E-state index in [0.29, 0.717) is 106 Å². The van der Waals surface area contributed by atoms with Crippen LogP contribution in [0.4, 0.5) is 20.2 Å². The number of ketones is 1. The van der Waals surface area contributed by atoms with E-state index in [2.05, 4.69) is 71.1 Å². The van der Waals surface area contributed by atoms with Gasteiger partial charge in [-0.05, 0) is 138 Å². The fourth-order valence-electron chi connectivity index (χ4n) is 19.9. The van der Waals surface area contributed by atoms with Crippen LogP contribution in [0.25, 0.3) is 11.3 Å². The molecule has 2 aromatic carbocycles. The van der Waals surface area contributed by atoms with Crippen molar-refractivity contribution in [1.29, 1.82) is 0 Å². The maximum Gasteiger partial charge on any atom is 0.270 e. The fourth-order valence-corrected chi connectivity index (χ4v) is 19.9. The summed E-state index contributed by atoms with van der Waals surface area (Å²) in [6.07, 6.45) is 1.95. The molecule has 6 amide bonds.